The number of phenols is 1. The molecule has 1 N–H and O–H groups in total. The second kappa shape index (κ2) is 7.57. The predicted octanol–water partition coefficient (Wildman–Crippen LogP) is 3.53. The lowest BCUT2D eigenvalue weighted by atomic mass is 9.89. The molecule has 28 heavy (non-hydrogen) atoms. The number of phenolic OH excluding ortho intramolecular Hbond substituents is 1. The van der Waals surface area contributed by atoms with Crippen molar-refractivity contribution < 1.29 is 17.5 Å². The highest BCUT2D eigenvalue weighted by molar-refractivity contribution is 7.19. The SMILES string of the molecule is Cc1c(-c2ccc(O)cc2)nc2sc3c(c2c1-c1ccccc1)CCCC3.[Cl-]. The third-order valence-corrected chi connectivity index (χ3v) is 6.74. The molecule has 4 heteroatoms. The first-order chi connectivity index (χ1) is 13.2. The summed E-state index contributed by atoms with van der Waals surface area (Å²) in [5, 5.41) is 11.0. The van der Waals surface area contributed by atoms with Crippen molar-refractivity contribution in [3.05, 3.63) is 70.6 Å². The third kappa shape index (κ3) is 3.09. The summed E-state index contributed by atoms with van der Waals surface area (Å²) < 4.78 is 0. The van der Waals surface area contributed by atoms with Crippen molar-refractivity contribution in [2.75, 3.05) is 0 Å². The predicted molar refractivity (Wildman–Crippen MR) is 114 cm³/mol. The largest absolute Gasteiger partial charge is 1.00 e. The molecule has 0 saturated carbocycles. The van der Waals surface area contributed by atoms with Gasteiger partial charge in [0.25, 0.3) is 0 Å². The number of halogens is 1. The minimum Gasteiger partial charge on any atom is -1.00 e. The number of rotatable bonds is 2. The smallest absolute Gasteiger partial charge is 0.125 e. The Morgan fingerprint density at radius 2 is 1.61 bits per heavy atom. The van der Waals surface area contributed by atoms with Gasteiger partial charge in [-0.2, -0.15) is 0 Å². The van der Waals surface area contributed by atoms with E-state index in [1.807, 2.05) is 23.5 Å². The fourth-order valence-electron chi connectivity index (χ4n) is 4.25. The molecule has 142 valence electrons. The summed E-state index contributed by atoms with van der Waals surface area (Å²) in [4.78, 5) is 7.77. The zero-order valence-electron chi connectivity index (χ0n) is 15.7. The fraction of sp³-hybridized carbons (Fsp3) is 0.208. The molecule has 0 aliphatic heterocycles. The molecule has 1 aliphatic rings. The number of pyridine rings is 1. The van der Waals surface area contributed by atoms with E-state index in [1.165, 1.54) is 51.8 Å². The van der Waals surface area contributed by atoms with Crippen LogP contribution in [0.2, 0.25) is 0 Å². The van der Waals surface area contributed by atoms with Crippen molar-refractivity contribution >= 4 is 21.6 Å². The first-order valence-electron chi connectivity index (χ1n) is 9.52. The Kier molecular flexibility index (Phi) is 5.13. The van der Waals surface area contributed by atoms with E-state index in [-0.39, 0.29) is 18.2 Å². The highest BCUT2D eigenvalue weighted by Gasteiger charge is 2.23. The summed E-state index contributed by atoms with van der Waals surface area (Å²) >= 11 is 1.87. The molecule has 4 aromatic rings. The van der Waals surface area contributed by atoms with E-state index < -0.39 is 0 Å². The van der Waals surface area contributed by atoms with Gasteiger partial charge in [0.2, 0.25) is 0 Å². The van der Waals surface area contributed by atoms with Crippen LogP contribution in [-0.4, -0.2) is 10.1 Å². The van der Waals surface area contributed by atoms with E-state index in [2.05, 4.69) is 37.3 Å². The van der Waals surface area contributed by atoms with Gasteiger partial charge in [0.15, 0.2) is 0 Å². The van der Waals surface area contributed by atoms with Crippen molar-refractivity contribution in [2.24, 2.45) is 0 Å². The van der Waals surface area contributed by atoms with Crippen LogP contribution in [0.5, 0.6) is 5.75 Å². The number of benzene rings is 2. The van der Waals surface area contributed by atoms with E-state index in [0.29, 0.717) is 0 Å². The molecule has 2 aromatic heterocycles. The van der Waals surface area contributed by atoms with Gasteiger partial charge in [0, 0.05) is 15.8 Å². The van der Waals surface area contributed by atoms with Crippen molar-refractivity contribution in [1.29, 1.82) is 0 Å². The van der Waals surface area contributed by atoms with Crippen molar-refractivity contribution in [2.45, 2.75) is 32.6 Å². The number of nitrogens with zero attached hydrogens (tertiary/aromatic N) is 1. The van der Waals surface area contributed by atoms with Gasteiger partial charge in [0.05, 0.1) is 5.69 Å². The molecule has 0 atom stereocenters. The Hall–Kier alpha value is -2.36. The molecule has 2 aromatic carbocycles. The van der Waals surface area contributed by atoms with Gasteiger partial charge < -0.3 is 17.5 Å². The number of aromatic hydroxyl groups is 1. The molecular weight excluding hydrogens is 386 g/mol. The van der Waals surface area contributed by atoms with E-state index in [0.717, 1.165) is 22.5 Å². The highest BCUT2D eigenvalue weighted by Crippen LogP contribution is 2.44. The average Bonchev–Trinajstić information content (AvgIpc) is 3.07. The van der Waals surface area contributed by atoms with Gasteiger partial charge in [-0.15, -0.1) is 11.3 Å². The lowest BCUT2D eigenvalue weighted by molar-refractivity contribution is -0.00000630. The molecule has 1 aliphatic carbocycles. The minimum atomic E-state index is 0. The average molecular weight is 407 g/mol. The van der Waals surface area contributed by atoms with Crippen LogP contribution in [0.3, 0.4) is 0 Å². The van der Waals surface area contributed by atoms with Crippen LogP contribution in [0.1, 0.15) is 28.8 Å². The van der Waals surface area contributed by atoms with Gasteiger partial charge in [-0.1, -0.05) is 30.3 Å². The zero-order valence-corrected chi connectivity index (χ0v) is 17.3. The first kappa shape index (κ1) is 19.0. The maximum Gasteiger partial charge on any atom is 0.125 e. The first-order valence-corrected chi connectivity index (χ1v) is 10.3. The van der Waals surface area contributed by atoms with Crippen molar-refractivity contribution in [3.63, 3.8) is 0 Å². The lowest BCUT2D eigenvalue weighted by Crippen LogP contribution is -3.00. The summed E-state index contributed by atoms with van der Waals surface area (Å²) in [6, 6.07) is 18.1. The quantitative estimate of drug-likeness (QED) is 0.552. The minimum absolute atomic E-state index is 0. The summed E-state index contributed by atoms with van der Waals surface area (Å²) in [6.45, 7) is 2.18. The summed E-state index contributed by atoms with van der Waals surface area (Å²) in [5.41, 5.74) is 7.38. The van der Waals surface area contributed by atoms with Crippen LogP contribution >= 0.6 is 11.3 Å². The Labute approximate surface area is 175 Å². The van der Waals surface area contributed by atoms with Crippen LogP contribution in [0.15, 0.2) is 54.6 Å². The molecule has 2 heterocycles. The monoisotopic (exact) mass is 406 g/mol. The molecular formula is C24H21ClNOS-. The molecule has 0 bridgehead atoms. The van der Waals surface area contributed by atoms with Gasteiger partial charge in [-0.3, -0.25) is 0 Å². The second-order valence-electron chi connectivity index (χ2n) is 7.26. The van der Waals surface area contributed by atoms with E-state index in [1.54, 1.807) is 12.1 Å². The second-order valence-corrected chi connectivity index (χ2v) is 8.35. The van der Waals surface area contributed by atoms with Crippen LogP contribution < -0.4 is 12.4 Å². The summed E-state index contributed by atoms with van der Waals surface area (Å²) in [7, 11) is 0. The molecule has 0 radical (unpaired) electrons. The molecule has 0 amide bonds. The molecule has 0 fully saturated rings. The van der Waals surface area contributed by atoms with Gasteiger partial charge in [0.1, 0.15) is 10.6 Å². The van der Waals surface area contributed by atoms with Gasteiger partial charge >= 0.3 is 0 Å². The standard InChI is InChI=1S/C24H21NOS.ClH/c1-15-21(16-7-3-2-4-8-16)22-19-9-5-6-10-20(19)27-24(22)25-23(15)17-11-13-18(26)14-12-17;/h2-4,7-8,11-14,26H,5-6,9-10H2,1H3;1H/p-1. The van der Waals surface area contributed by atoms with Crippen LogP contribution in [0.4, 0.5) is 0 Å². The van der Waals surface area contributed by atoms with E-state index >= 15 is 0 Å². The number of hydrogen-bond acceptors (Lipinski definition) is 3. The Morgan fingerprint density at radius 3 is 2.36 bits per heavy atom. The molecule has 5 rings (SSSR count). The summed E-state index contributed by atoms with van der Waals surface area (Å²) in [5.74, 6) is 0.285. The Bertz CT molecular complexity index is 1130. The number of thiophene rings is 1. The van der Waals surface area contributed by atoms with Gasteiger partial charge in [-0.05, 0) is 79.1 Å². The number of aryl methyl sites for hydroxylation is 2. The third-order valence-electron chi connectivity index (χ3n) is 5.55. The van der Waals surface area contributed by atoms with Crippen molar-refractivity contribution in [3.8, 4) is 28.1 Å². The highest BCUT2D eigenvalue weighted by atomic mass is 35.5. The molecule has 0 saturated heterocycles. The molecule has 0 unspecified atom stereocenters. The van der Waals surface area contributed by atoms with E-state index in [4.69, 9.17) is 4.98 Å². The number of fused-ring (bicyclic) bond motifs is 3. The fourth-order valence-corrected chi connectivity index (χ4v) is 5.52. The molecule has 0 spiro atoms. The van der Waals surface area contributed by atoms with Gasteiger partial charge in [-0.25, -0.2) is 4.98 Å². The van der Waals surface area contributed by atoms with E-state index in [9.17, 15) is 5.11 Å². The maximum atomic E-state index is 9.67. The topological polar surface area (TPSA) is 33.1 Å². The Morgan fingerprint density at radius 1 is 0.893 bits per heavy atom. The van der Waals surface area contributed by atoms with Crippen LogP contribution in [-0.2, 0) is 12.8 Å². The summed E-state index contributed by atoms with van der Waals surface area (Å²) in [6.07, 6.45) is 4.89. The normalized spacial score (nSPS) is 13.2. The number of hydrogen-bond donors (Lipinski definition) is 1. The van der Waals surface area contributed by atoms with Crippen LogP contribution in [0.25, 0.3) is 32.6 Å². The number of aromatic nitrogens is 1. The lowest BCUT2D eigenvalue weighted by Gasteiger charge is -2.16. The van der Waals surface area contributed by atoms with Crippen molar-refractivity contribution in [1.82, 2.24) is 4.98 Å². The maximum absolute atomic E-state index is 9.67. The van der Waals surface area contributed by atoms with Crippen LogP contribution in [0, 0.1) is 6.92 Å². The Balaban J connectivity index is 0.00000192. The zero-order chi connectivity index (χ0) is 18.4. The molecule has 2 nitrogen and oxygen atoms in total.